The van der Waals surface area contributed by atoms with Crippen LogP contribution >= 0.6 is 0 Å². The Labute approximate surface area is 102 Å². The number of carboxylic acid groups (broad SMARTS) is 1. The van der Waals surface area contributed by atoms with E-state index < -0.39 is 11.5 Å². The SMILES string of the molecule is CCCC1(C(=O)O)CCCN1CCNC(C)=O. The summed E-state index contributed by atoms with van der Waals surface area (Å²) in [5.74, 6) is -0.791. The Morgan fingerprint density at radius 2 is 2.18 bits per heavy atom. The number of amides is 1. The van der Waals surface area contributed by atoms with Crippen LogP contribution in [0.5, 0.6) is 0 Å². The van der Waals surface area contributed by atoms with E-state index in [0.717, 1.165) is 25.8 Å². The molecule has 1 amide bonds. The molecule has 2 N–H and O–H groups in total. The largest absolute Gasteiger partial charge is 0.480 e. The van der Waals surface area contributed by atoms with Crippen LogP contribution in [0, 0.1) is 0 Å². The lowest BCUT2D eigenvalue weighted by Gasteiger charge is -2.34. The summed E-state index contributed by atoms with van der Waals surface area (Å²) < 4.78 is 0. The molecule has 0 bridgehead atoms. The first-order valence-electron chi connectivity index (χ1n) is 6.26. The number of likely N-dealkylation sites (tertiary alicyclic amines) is 1. The summed E-state index contributed by atoms with van der Waals surface area (Å²) in [6.45, 7) is 5.43. The van der Waals surface area contributed by atoms with E-state index in [4.69, 9.17) is 0 Å². The molecule has 1 aliphatic heterocycles. The third kappa shape index (κ3) is 3.19. The van der Waals surface area contributed by atoms with Gasteiger partial charge in [0.25, 0.3) is 0 Å². The van der Waals surface area contributed by atoms with Gasteiger partial charge in [0.1, 0.15) is 5.54 Å². The Bertz CT molecular complexity index is 293. The molecule has 1 saturated heterocycles. The number of rotatable bonds is 6. The standard InChI is InChI=1S/C12H22N2O3/c1-3-5-12(11(16)17)6-4-8-14(12)9-7-13-10(2)15/h3-9H2,1-2H3,(H,13,15)(H,16,17). The fourth-order valence-electron chi connectivity index (χ4n) is 2.67. The summed E-state index contributed by atoms with van der Waals surface area (Å²) in [4.78, 5) is 24.3. The van der Waals surface area contributed by atoms with Gasteiger partial charge in [0, 0.05) is 20.0 Å². The third-order valence-corrected chi connectivity index (χ3v) is 3.44. The van der Waals surface area contributed by atoms with Crippen molar-refractivity contribution in [2.45, 2.75) is 45.1 Å². The zero-order chi connectivity index (χ0) is 12.9. The van der Waals surface area contributed by atoms with Crippen LogP contribution in [0.15, 0.2) is 0 Å². The smallest absolute Gasteiger partial charge is 0.324 e. The van der Waals surface area contributed by atoms with Gasteiger partial charge < -0.3 is 10.4 Å². The molecule has 98 valence electrons. The minimum Gasteiger partial charge on any atom is -0.480 e. The summed E-state index contributed by atoms with van der Waals surface area (Å²) in [5, 5.41) is 12.2. The monoisotopic (exact) mass is 242 g/mol. The van der Waals surface area contributed by atoms with Crippen LogP contribution in [0.2, 0.25) is 0 Å². The minimum atomic E-state index is -0.723. The molecule has 0 spiro atoms. The quantitative estimate of drug-likeness (QED) is 0.724. The number of carbonyl (C=O) groups excluding carboxylic acids is 1. The van der Waals surface area contributed by atoms with Gasteiger partial charge in [-0.1, -0.05) is 13.3 Å². The summed E-state index contributed by atoms with van der Waals surface area (Å²) in [7, 11) is 0. The van der Waals surface area contributed by atoms with Crippen molar-refractivity contribution in [3.8, 4) is 0 Å². The van der Waals surface area contributed by atoms with Gasteiger partial charge in [-0.05, 0) is 25.8 Å². The molecule has 0 aliphatic carbocycles. The van der Waals surface area contributed by atoms with Crippen LogP contribution in [-0.2, 0) is 9.59 Å². The number of carbonyl (C=O) groups is 2. The van der Waals surface area contributed by atoms with Gasteiger partial charge in [0.15, 0.2) is 0 Å². The van der Waals surface area contributed by atoms with Crippen LogP contribution in [0.4, 0.5) is 0 Å². The zero-order valence-electron chi connectivity index (χ0n) is 10.7. The molecule has 0 aromatic rings. The number of hydrogen-bond donors (Lipinski definition) is 2. The van der Waals surface area contributed by atoms with E-state index in [-0.39, 0.29) is 5.91 Å². The van der Waals surface area contributed by atoms with E-state index in [1.165, 1.54) is 6.92 Å². The van der Waals surface area contributed by atoms with Crippen molar-refractivity contribution in [1.82, 2.24) is 10.2 Å². The Morgan fingerprint density at radius 3 is 2.71 bits per heavy atom. The lowest BCUT2D eigenvalue weighted by atomic mass is 9.90. The number of hydrogen-bond acceptors (Lipinski definition) is 3. The minimum absolute atomic E-state index is 0.0689. The summed E-state index contributed by atoms with van der Waals surface area (Å²) in [5.41, 5.74) is -0.701. The van der Waals surface area contributed by atoms with Gasteiger partial charge in [-0.2, -0.15) is 0 Å². The molecular formula is C12H22N2O3. The van der Waals surface area contributed by atoms with Crippen molar-refractivity contribution in [2.75, 3.05) is 19.6 Å². The highest BCUT2D eigenvalue weighted by atomic mass is 16.4. The van der Waals surface area contributed by atoms with E-state index >= 15 is 0 Å². The molecule has 0 aromatic heterocycles. The molecule has 5 heteroatoms. The predicted molar refractivity (Wildman–Crippen MR) is 64.8 cm³/mol. The van der Waals surface area contributed by atoms with Crippen molar-refractivity contribution < 1.29 is 14.7 Å². The van der Waals surface area contributed by atoms with Gasteiger partial charge in [0.2, 0.25) is 5.91 Å². The van der Waals surface area contributed by atoms with E-state index in [1.54, 1.807) is 0 Å². The van der Waals surface area contributed by atoms with Crippen LogP contribution in [0.3, 0.4) is 0 Å². The zero-order valence-corrected chi connectivity index (χ0v) is 10.7. The highest BCUT2D eigenvalue weighted by molar-refractivity contribution is 5.79. The van der Waals surface area contributed by atoms with Crippen molar-refractivity contribution in [2.24, 2.45) is 0 Å². The lowest BCUT2D eigenvalue weighted by Crippen LogP contribution is -2.52. The number of aliphatic carboxylic acids is 1. The second-order valence-electron chi connectivity index (χ2n) is 4.66. The van der Waals surface area contributed by atoms with Gasteiger partial charge in [-0.3, -0.25) is 14.5 Å². The normalized spacial score (nSPS) is 24.8. The maximum absolute atomic E-state index is 11.5. The first-order valence-corrected chi connectivity index (χ1v) is 6.26. The van der Waals surface area contributed by atoms with Gasteiger partial charge >= 0.3 is 5.97 Å². The van der Waals surface area contributed by atoms with E-state index in [2.05, 4.69) is 5.32 Å². The molecule has 1 atom stereocenters. The predicted octanol–water partition coefficient (Wildman–Crippen LogP) is 0.842. The van der Waals surface area contributed by atoms with Crippen molar-refractivity contribution in [1.29, 1.82) is 0 Å². The van der Waals surface area contributed by atoms with E-state index in [0.29, 0.717) is 19.5 Å². The van der Waals surface area contributed by atoms with Crippen LogP contribution in [-0.4, -0.2) is 47.1 Å². The topological polar surface area (TPSA) is 69.6 Å². The second kappa shape index (κ2) is 6.00. The van der Waals surface area contributed by atoms with Gasteiger partial charge in [0.05, 0.1) is 0 Å². The van der Waals surface area contributed by atoms with Crippen molar-refractivity contribution in [3.05, 3.63) is 0 Å². The molecule has 0 aromatic carbocycles. The van der Waals surface area contributed by atoms with Crippen LogP contribution in [0.1, 0.15) is 39.5 Å². The Morgan fingerprint density at radius 1 is 1.47 bits per heavy atom. The molecule has 17 heavy (non-hydrogen) atoms. The molecule has 1 heterocycles. The highest BCUT2D eigenvalue weighted by Crippen LogP contribution is 2.33. The average molecular weight is 242 g/mol. The number of nitrogens with zero attached hydrogens (tertiary/aromatic N) is 1. The highest BCUT2D eigenvalue weighted by Gasteiger charge is 2.46. The number of carboxylic acids is 1. The third-order valence-electron chi connectivity index (χ3n) is 3.44. The second-order valence-corrected chi connectivity index (χ2v) is 4.66. The van der Waals surface area contributed by atoms with E-state index in [1.807, 2.05) is 11.8 Å². The maximum Gasteiger partial charge on any atom is 0.324 e. The molecule has 5 nitrogen and oxygen atoms in total. The van der Waals surface area contributed by atoms with Gasteiger partial charge in [-0.25, -0.2) is 0 Å². The molecule has 1 unspecified atom stereocenters. The van der Waals surface area contributed by atoms with Gasteiger partial charge in [-0.15, -0.1) is 0 Å². The Kier molecular flexibility index (Phi) is 4.93. The van der Waals surface area contributed by atoms with Crippen molar-refractivity contribution in [3.63, 3.8) is 0 Å². The average Bonchev–Trinajstić information content (AvgIpc) is 2.63. The molecule has 1 fully saturated rings. The fraction of sp³-hybridized carbons (Fsp3) is 0.833. The first kappa shape index (κ1) is 14.0. The van der Waals surface area contributed by atoms with Crippen LogP contribution < -0.4 is 5.32 Å². The number of nitrogens with one attached hydrogen (secondary N) is 1. The van der Waals surface area contributed by atoms with E-state index in [9.17, 15) is 14.7 Å². The Balaban J connectivity index is 2.61. The lowest BCUT2D eigenvalue weighted by molar-refractivity contribution is -0.150. The van der Waals surface area contributed by atoms with Crippen molar-refractivity contribution >= 4 is 11.9 Å². The molecule has 1 rings (SSSR count). The fourth-order valence-corrected chi connectivity index (χ4v) is 2.67. The first-order chi connectivity index (χ1) is 8.03. The Hall–Kier alpha value is -1.10. The maximum atomic E-state index is 11.5. The summed E-state index contributed by atoms with van der Waals surface area (Å²) in [6.07, 6.45) is 3.19. The molecule has 0 radical (unpaired) electrons. The molecule has 0 saturated carbocycles. The molecular weight excluding hydrogens is 220 g/mol. The van der Waals surface area contributed by atoms with Crippen LogP contribution in [0.25, 0.3) is 0 Å². The summed E-state index contributed by atoms with van der Waals surface area (Å²) in [6, 6.07) is 0. The summed E-state index contributed by atoms with van der Waals surface area (Å²) >= 11 is 0. The molecule has 1 aliphatic rings.